The molecule has 1 saturated heterocycles. The number of fused-ring (bicyclic) bond motifs is 1. The van der Waals surface area contributed by atoms with Crippen LogP contribution < -0.4 is 16.0 Å². The fourth-order valence-electron chi connectivity index (χ4n) is 5.85. The molecule has 1 aromatic carbocycles. The van der Waals surface area contributed by atoms with Gasteiger partial charge in [-0.1, -0.05) is 84.4 Å². The lowest BCUT2D eigenvalue weighted by atomic mass is 9.85. The molecule has 5 unspecified atom stereocenters. The van der Waals surface area contributed by atoms with Gasteiger partial charge in [-0.05, 0) is 34.7 Å². The third-order valence-electron chi connectivity index (χ3n) is 8.23. The molecule has 218 valence electrons. The lowest BCUT2D eigenvalue weighted by Crippen LogP contribution is -2.60. The highest BCUT2D eigenvalue weighted by atomic mass is 16.2. The Labute approximate surface area is 237 Å². The van der Waals surface area contributed by atoms with Gasteiger partial charge in [0, 0.05) is 13.1 Å². The Morgan fingerprint density at radius 2 is 1.75 bits per heavy atom. The van der Waals surface area contributed by atoms with E-state index in [0.29, 0.717) is 19.4 Å². The molecule has 2 fully saturated rings. The van der Waals surface area contributed by atoms with Crippen LogP contribution in [0.2, 0.25) is 0 Å². The number of carbonyl (C=O) groups excluding carboxylic acids is 5. The fraction of sp³-hybridized carbons (Fsp3) is 0.581. The molecule has 1 aromatic rings. The number of carbonyl (C=O) groups is 5. The predicted molar refractivity (Wildman–Crippen MR) is 153 cm³/mol. The largest absolute Gasteiger partial charge is 0.346 e. The highest BCUT2D eigenvalue weighted by molar-refractivity contribution is 6.38. The summed E-state index contributed by atoms with van der Waals surface area (Å²) in [7, 11) is 0. The van der Waals surface area contributed by atoms with Crippen molar-refractivity contribution in [2.24, 2.45) is 22.7 Å². The number of benzene rings is 1. The Kier molecular flexibility index (Phi) is 9.59. The zero-order valence-corrected chi connectivity index (χ0v) is 24.6. The molecule has 9 heteroatoms. The van der Waals surface area contributed by atoms with Crippen LogP contribution in [0.5, 0.6) is 0 Å². The number of hydrogen-bond donors (Lipinski definition) is 3. The Morgan fingerprint density at radius 3 is 2.33 bits per heavy atom. The summed E-state index contributed by atoms with van der Waals surface area (Å²) in [6, 6.07) is 6.66. The quantitative estimate of drug-likeness (QED) is 0.271. The van der Waals surface area contributed by atoms with E-state index in [0.717, 1.165) is 5.56 Å². The normalized spacial score (nSPS) is 22.4. The van der Waals surface area contributed by atoms with Gasteiger partial charge in [-0.2, -0.15) is 0 Å². The molecule has 0 aromatic heterocycles. The van der Waals surface area contributed by atoms with Gasteiger partial charge in [-0.3, -0.25) is 24.0 Å². The number of amides is 4. The lowest BCUT2D eigenvalue weighted by Gasteiger charge is -2.38. The molecule has 4 amide bonds. The van der Waals surface area contributed by atoms with Crippen molar-refractivity contribution < 1.29 is 24.0 Å². The van der Waals surface area contributed by atoms with Gasteiger partial charge in [0.05, 0.1) is 12.5 Å². The summed E-state index contributed by atoms with van der Waals surface area (Å²) in [5.41, 5.74) is 0.0832. The van der Waals surface area contributed by atoms with Gasteiger partial charge in [0.1, 0.15) is 12.1 Å². The van der Waals surface area contributed by atoms with E-state index in [9.17, 15) is 24.0 Å². The van der Waals surface area contributed by atoms with E-state index in [1.165, 1.54) is 6.08 Å². The maximum absolute atomic E-state index is 14.0. The van der Waals surface area contributed by atoms with Gasteiger partial charge in [-0.15, -0.1) is 6.58 Å². The van der Waals surface area contributed by atoms with E-state index in [1.807, 2.05) is 58.0 Å². The first-order chi connectivity index (χ1) is 18.7. The minimum absolute atomic E-state index is 0.0796. The summed E-state index contributed by atoms with van der Waals surface area (Å²) in [6.45, 7) is 15.7. The number of Topliss-reactive ketones (excluding diaryl/α,β-unsaturated/α-hetero) is 1. The van der Waals surface area contributed by atoms with Crippen molar-refractivity contribution in [1.29, 1.82) is 0 Å². The van der Waals surface area contributed by atoms with Crippen molar-refractivity contribution in [3.8, 4) is 0 Å². The molecule has 1 aliphatic carbocycles. The van der Waals surface area contributed by atoms with Crippen LogP contribution in [-0.2, 0) is 30.4 Å². The van der Waals surface area contributed by atoms with Crippen LogP contribution in [0, 0.1) is 22.7 Å². The number of ketones is 1. The van der Waals surface area contributed by atoms with E-state index >= 15 is 0 Å². The summed E-state index contributed by atoms with van der Waals surface area (Å²) in [6.07, 6.45) is 2.48. The Morgan fingerprint density at radius 1 is 1.10 bits per heavy atom. The third-order valence-corrected chi connectivity index (χ3v) is 8.23. The van der Waals surface area contributed by atoms with Crippen molar-refractivity contribution in [3.63, 3.8) is 0 Å². The van der Waals surface area contributed by atoms with Gasteiger partial charge in [0.15, 0.2) is 0 Å². The number of rotatable bonds is 12. The summed E-state index contributed by atoms with van der Waals surface area (Å²) >= 11 is 0. The smallest absolute Gasteiger partial charge is 0.289 e. The molecule has 1 aliphatic heterocycles. The standard InChI is InChI=1S/C31H44N4O5/c1-8-13-21(25(37)28(39)32-16-9-2)33-27(38)24-23-20(31(23,6)7)18-35(24)29(40)26(30(3,4)5)34-22(36)17-19-14-11-10-12-15-19/h9-12,14-15,20-21,23-24,26H,2,8,13,16-18H2,1,3-7H3,(H,32,39)(H,33,38)(H,34,36). The van der Waals surface area contributed by atoms with E-state index in [2.05, 4.69) is 36.4 Å². The highest BCUT2D eigenvalue weighted by Crippen LogP contribution is 2.65. The molecule has 5 atom stereocenters. The summed E-state index contributed by atoms with van der Waals surface area (Å²) in [5, 5.41) is 8.20. The molecule has 0 bridgehead atoms. The van der Waals surface area contributed by atoms with Crippen molar-refractivity contribution in [2.75, 3.05) is 13.1 Å². The molecule has 3 N–H and O–H groups in total. The molecule has 0 spiro atoms. The van der Waals surface area contributed by atoms with Crippen molar-refractivity contribution in [3.05, 3.63) is 48.6 Å². The number of hydrogen-bond acceptors (Lipinski definition) is 5. The maximum atomic E-state index is 14.0. The van der Waals surface area contributed by atoms with Crippen LogP contribution in [0.4, 0.5) is 0 Å². The molecule has 40 heavy (non-hydrogen) atoms. The first kappa shape index (κ1) is 31.0. The average Bonchev–Trinajstić information content (AvgIpc) is 3.22. The molecule has 1 saturated carbocycles. The van der Waals surface area contributed by atoms with Crippen molar-refractivity contribution in [1.82, 2.24) is 20.9 Å². The number of nitrogens with one attached hydrogen (secondary N) is 3. The van der Waals surface area contributed by atoms with Crippen molar-refractivity contribution >= 4 is 29.4 Å². The van der Waals surface area contributed by atoms with Crippen LogP contribution in [0.3, 0.4) is 0 Å². The second-order valence-electron chi connectivity index (χ2n) is 12.6. The average molecular weight is 553 g/mol. The zero-order chi connectivity index (χ0) is 29.8. The van der Waals surface area contributed by atoms with Crippen molar-refractivity contribution in [2.45, 2.75) is 78.9 Å². The highest BCUT2D eigenvalue weighted by Gasteiger charge is 2.69. The topological polar surface area (TPSA) is 125 Å². The molecule has 0 radical (unpaired) electrons. The first-order valence-corrected chi connectivity index (χ1v) is 14.1. The second-order valence-corrected chi connectivity index (χ2v) is 12.6. The minimum atomic E-state index is -0.996. The van der Waals surface area contributed by atoms with Crippen LogP contribution in [0.25, 0.3) is 0 Å². The minimum Gasteiger partial charge on any atom is -0.346 e. The van der Waals surface area contributed by atoms with Gasteiger partial charge < -0.3 is 20.9 Å². The predicted octanol–water partition coefficient (Wildman–Crippen LogP) is 2.40. The molecule has 3 rings (SSSR count). The molecule has 2 aliphatic rings. The summed E-state index contributed by atoms with van der Waals surface area (Å²) in [4.78, 5) is 67.5. The van der Waals surface area contributed by atoms with Crippen LogP contribution in [0.1, 0.15) is 59.9 Å². The molecule has 1 heterocycles. The Bertz CT molecular complexity index is 1140. The zero-order valence-electron chi connectivity index (χ0n) is 24.6. The number of likely N-dealkylation sites (tertiary alicyclic amines) is 1. The Balaban J connectivity index is 1.81. The van der Waals surface area contributed by atoms with Gasteiger partial charge in [0.25, 0.3) is 5.91 Å². The Hall–Kier alpha value is -3.49. The second kappa shape index (κ2) is 12.4. The van der Waals surface area contributed by atoms with E-state index in [-0.39, 0.29) is 42.0 Å². The van der Waals surface area contributed by atoms with Crippen LogP contribution in [-0.4, -0.2) is 65.5 Å². The van der Waals surface area contributed by atoms with Crippen LogP contribution >= 0.6 is 0 Å². The van der Waals surface area contributed by atoms with Gasteiger partial charge in [0.2, 0.25) is 23.5 Å². The van der Waals surface area contributed by atoms with Gasteiger partial charge >= 0.3 is 0 Å². The molecular weight excluding hydrogens is 508 g/mol. The summed E-state index contributed by atoms with van der Waals surface area (Å²) in [5.74, 6) is -2.49. The maximum Gasteiger partial charge on any atom is 0.289 e. The first-order valence-electron chi connectivity index (χ1n) is 14.1. The third kappa shape index (κ3) is 6.80. The van der Waals surface area contributed by atoms with Gasteiger partial charge in [-0.25, -0.2) is 0 Å². The number of nitrogens with zero attached hydrogens (tertiary/aromatic N) is 1. The summed E-state index contributed by atoms with van der Waals surface area (Å²) < 4.78 is 0. The number of piperidine rings is 1. The SMILES string of the molecule is C=CCNC(=O)C(=O)C(CCC)NC(=O)C1C2C(CN1C(=O)C(NC(=O)Cc1ccccc1)C(C)(C)C)C2(C)C. The molecule has 9 nitrogen and oxygen atoms in total. The fourth-order valence-corrected chi connectivity index (χ4v) is 5.85. The molecular formula is C31H44N4O5. The monoisotopic (exact) mass is 552 g/mol. The van der Waals surface area contributed by atoms with E-state index < -0.39 is 41.1 Å². The lowest BCUT2D eigenvalue weighted by molar-refractivity contribution is -0.146. The van der Waals surface area contributed by atoms with E-state index in [1.54, 1.807) is 4.90 Å². The van der Waals surface area contributed by atoms with Crippen LogP contribution in [0.15, 0.2) is 43.0 Å². The van der Waals surface area contributed by atoms with E-state index in [4.69, 9.17) is 0 Å².